The number of nitrogens with two attached hydrogens (primary N) is 1. The third kappa shape index (κ3) is 12.1. The maximum absolute atomic E-state index is 14.6. The predicted molar refractivity (Wildman–Crippen MR) is 174 cm³/mol. The van der Waals surface area contributed by atoms with E-state index in [1.165, 1.54) is 11.3 Å². The fourth-order valence-corrected chi connectivity index (χ4v) is 4.92. The number of carbonyl (C=O) groups excluding carboxylic acids is 2. The molecule has 1 saturated carbocycles. The summed E-state index contributed by atoms with van der Waals surface area (Å²) >= 11 is 1.30. The number of aliphatic hydroxyl groups is 1. The second-order valence-corrected chi connectivity index (χ2v) is 11.6. The van der Waals surface area contributed by atoms with Crippen molar-refractivity contribution in [3.63, 3.8) is 0 Å². The molecule has 0 atom stereocenters. The number of hydrogen-bond acceptors (Lipinski definition) is 10. The number of pyridine rings is 1. The van der Waals surface area contributed by atoms with Crippen LogP contribution in [0.5, 0.6) is 0 Å². The zero-order valence-electron chi connectivity index (χ0n) is 26.9. The number of rotatable bonds is 8. The lowest BCUT2D eigenvalue weighted by Crippen LogP contribution is -2.14. The lowest BCUT2D eigenvalue weighted by Gasteiger charge is -2.21. The summed E-state index contributed by atoms with van der Waals surface area (Å²) in [5, 5.41) is 21.3. The van der Waals surface area contributed by atoms with E-state index in [2.05, 4.69) is 52.0 Å². The van der Waals surface area contributed by atoms with Gasteiger partial charge < -0.3 is 25.7 Å². The molecule has 12 nitrogen and oxygen atoms in total. The molecule has 252 valence electrons. The van der Waals surface area contributed by atoms with Crippen molar-refractivity contribution in [3.8, 4) is 22.0 Å². The van der Waals surface area contributed by atoms with Crippen LogP contribution in [0, 0.1) is 17.7 Å². The van der Waals surface area contributed by atoms with E-state index in [1.54, 1.807) is 47.4 Å². The Morgan fingerprint density at radius 1 is 1.17 bits per heavy atom. The number of amides is 1. The molecule has 0 spiro atoms. The van der Waals surface area contributed by atoms with Crippen LogP contribution in [-0.2, 0) is 16.3 Å². The SMILES string of the molecule is CC(C)C.CCO.COCn1cc(-c2nc(C(=O)Nc3cn(C4CCCCC4)nc3-c3nc(F)ccc3F)cs2)cn1.NCC=O. The fourth-order valence-electron chi connectivity index (χ4n) is 4.15. The van der Waals surface area contributed by atoms with Gasteiger partial charge in [-0.2, -0.15) is 14.6 Å². The standard InChI is InChI=1S/C23H23F2N7O2S.C4H10.C2H5NO.C2H6O/c1-34-13-31-10-14(9-26-31)23-28-18(12-35-23)22(33)27-17-11-32(15-5-3-2-4-6-15)30-21(17)20-16(24)7-8-19(25)29-20;1-4(2)3;3-1-2-4;1-2-3/h7-12,15H,2-6,13H2,1H3,(H,27,33);4H,1-3H3;2H,1,3H2;3H,2H2,1H3. The van der Waals surface area contributed by atoms with Gasteiger partial charge in [-0.1, -0.05) is 40.0 Å². The van der Waals surface area contributed by atoms with Crippen LogP contribution in [-0.4, -0.2) is 67.1 Å². The van der Waals surface area contributed by atoms with Crippen LogP contribution in [0.1, 0.15) is 76.3 Å². The molecule has 4 aromatic heterocycles. The first kappa shape index (κ1) is 38.3. The van der Waals surface area contributed by atoms with Gasteiger partial charge >= 0.3 is 0 Å². The monoisotopic (exact) mass is 662 g/mol. The lowest BCUT2D eigenvalue weighted by atomic mass is 9.96. The topological polar surface area (TPSA) is 163 Å². The number of aldehydes is 1. The molecule has 0 saturated heterocycles. The average Bonchev–Trinajstić information content (AvgIpc) is 3.80. The van der Waals surface area contributed by atoms with Gasteiger partial charge in [-0.15, -0.1) is 11.3 Å². The summed E-state index contributed by atoms with van der Waals surface area (Å²) in [4.78, 5) is 30.2. The zero-order valence-corrected chi connectivity index (χ0v) is 27.8. The van der Waals surface area contributed by atoms with Gasteiger partial charge in [-0.25, -0.2) is 19.0 Å². The van der Waals surface area contributed by atoms with E-state index in [4.69, 9.17) is 14.6 Å². The highest BCUT2D eigenvalue weighted by Crippen LogP contribution is 2.34. The fraction of sp³-hybridized carbons (Fsp3) is 0.484. The smallest absolute Gasteiger partial charge is 0.275 e. The molecule has 1 aliphatic carbocycles. The van der Waals surface area contributed by atoms with Gasteiger partial charge in [0.25, 0.3) is 5.91 Å². The summed E-state index contributed by atoms with van der Waals surface area (Å²) in [5.41, 5.74) is 5.68. The van der Waals surface area contributed by atoms with Crippen molar-refractivity contribution in [3.05, 3.63) is 53.6 Å². The molecule has 4 heterocycles. The predicted octanol–water partition coefficient (Wildman–Crippen LogP) is 5.71. The van der Waals surface area contributed by atoms with Crippen LogP contribution < -0.4 is 11.1 Å². The molecule has 0 aromatic carbocycles. The third-order valence-corrected chi connectivity index (χ3v) is 6.83. The lowest BCUT2D eigenvalue weighted by molar-refractivity contribution is -0.106. The number of hydrogen-bond donors (Lipinski definition) is 3. The number of thiazole rings is 1. The molecule has 5 rings (SSSR count). The van der Waals surface area contributed by atoms with E-state index >= 15 is 0 Å². The second-order valence-electron chi connectivity index (χ2n) is 10.8. The normalized spacial score (nSPS) is 12.7. The number of aromatic nitrogens is 6. The number of halogens is 2. The molecule has 1 amide bonds. The zero-order chi connectivity index (χ0) is 34.1. The van der Waals surface area contributed by atoms with Crippen LogP contribution >= 0.6 is 11.3 Å². The van der Waals surface area contributed by atoms with Crippen molar-refractivity contribution >= 4 is 29.2 Å². The van der Waals surface area contributed by atoms with Gasteiger partial charge in [0.05, 0.1) is 17.9 Å². The van der Waals surface area contributed by atoms with Crippen LogP contribution in [0.2, 0.25) is 0 Å². The molecule has 0 aliphatic heterocycles. The molecule has 1 aliphatic rings. The van der Waals surface area contributed by atoms with Crippen molar-refractivity contribution in [2.24, 2.45) is 11.7 Å². The Kier molecular flexibility index (Phi) is 16.8. The minimum atomic E-state index is -0.830. The summed E-state index contributed by atoms with van der Waals surface area (Å²) in [6, 6.07) is 2.07. The van der Waals surface area contributed by atoms with E-state index in [1.807, 2.05) is 0 Å². The van der Waals surface area contributed by atoms with E-state index < -0.39 is 17.7 Å². The number of nitrogens with one attached hydrogen (secondary N) is 1. The van der Waals surface area contributed by atoms with Gasteiger partial charge in [0.1, 0.15) is 35.1 Å². The van der Waals surface area contributed by atoms with Gasteiger partial charge in [0, 0.05) is 43.6 Å². The highest BCUT2D eigenvalue weighted by Gasteiger charge is 2.24. The molecule has 0 unspecified atom stereocenters. The minimum Gasteiger partial charge on any atom is -0.397 e. The van der Waals surface area contributed by atoms with Gasteiger partial charge in [-0.05, 0) is 37.8 Å². The van der Waals surface area contributed by atoms with E-state index in [-0.39, 0.29) is 42.0 Å². The number of nitrogens with zero attached hydrogens (tertiary/aromatic N) is 6. The number of carbonyl (C=O) groups is 2. The quantitative estimate of drug-likeness (QED) is 0.158. The van der Waals surface area contributed by atoms with Crippen LogP contribution in [0.25, 0.3) is 22.0 Å². The van der Waals surface area contributed by atoms with E-state index in [0.717, 1.165) is 55.7 Å². The Hall–Kier alpha value is -3.92. The van der Waals surface area contributed by atoms with Crippen molar-refractivity contribution < 1.29 is 28.2 Å². The van der Waals surface area contributed by atoms with Crippen LogP contribution in [0.4, 0.5) is 14.5 Å². The summed E-state index contributed by atoms with van der Waals surface area (Å²) in [6.07, 6.45) is 10.9. The van der Waals surface area contributed by atoms with Crippen molar-refractivity contribution in [2.75, 3.05) is 25.6 Å². The summed E-state index contributed by atoms with van der Waals surface area (Å²) in [7, 11) is 1.57. The molecular formula is C31H44F2N8O4S. The average molecular weight is 663 g/mol. The van der Waals surface area contributed by atoms with Crippen molar-refractivity contribution in [1.82, 2.24) is 29.5 Å². The molecule has 4 N–H and O–H groups in total. The van der Waals surface area contributed by atoms with Crippen molar-refractivity contribution in [1.29, 1.82) is 0 Å². The Morgan fingerprint density at radius 2 is 1.83 bits per heavy atom. The summed E-state index contributed by atoms with van der Waals surface area (Å²) < 4.78 is 36.8. The maximum atomic E-state index is 14.6. The number of aliphatic hydroxyl groups excluding tert-OH is 1. The third-order valence-electron chi connectivity index (χ3n) is 5.94. The summed E-state index contributed by atoms with van der Waals surface area (Å²) in [6.45, 7) is 8.87. The molecule has 1 fully saturated rings. The first-order chi connectivity index (χ1) is 22.1. The number of methoxy groups -OCH3 is 1. The van der Waals surface area contributed by atoms with E-state index in [0.29, 0.717) is 18.0 Å². The Morgan fingerprint density at radius 3 is 2.43 bits per heavy atom. The van der Waals surface area contributed by atoms with Gasteiger partial charge in [0.2, 0.25) is 5.95 Å². The molecular weight excluding hydrogens is 618 g/mol. The first-order valence-electron chi connectivity index (χ1n) is 15.0. The maximum Gasteiger partial charge on any atom is 0.275 e. The minimum absolute atomic E-state index is 0.0808. The Bertz CT molecular complexity index is 1480. The van der Waals surface area contributed by atoms with Crippen LogP contribution in [0.15, 0.2) is 36.1 Å². The summed E-state index contributed by atoms with van der Waals surface area (Å²) in [5.74, 6) is -1.21. The molecule has 4 aromatic rings. The first-order valence-corrected chi connectivity index (χ1v) is 15.9. The molecule has 15 heteroatoms. The molecule has 0 bridgehead atoms. The Balaban J connectivity index is 0.000000585. The Labute approximate surface area is 272 Å². The largest absolute Gasteiger partial charge is 0.397 e. The van der Waals surface area contributed by atoms with Gasteiger partial charge in [0.15, 0.2) is 5.82 Å². The highest BCUT2D eigenvalue weighted by molar-refractivity contribution is 7.13. The number of ether oxygens (including phenoxy) is 1. The van der Waals surface area contributed by atoms with Gasteiger partial charge in [-0.3, -0.25) is 9.48 Å². The highest BCUT2D eigenvalue weighted by atomic mass is 32.1. The van der Waals surface area contributed by atoms with E-state index in [9.17, 15) is 13.6 Å². The number of anilines is 1. The molecule has 46 heavy (non-hydrogen) atoms. The molecule has 0 radical (unpaired) electrons. The van der Waals surface area contributed by atoms with Crippen LogP contribution in [0.3, 0.4) is 0 Å². The second kappa shape index (κ2) is 20.3. The van der Waals surface area contributed by atoms with Crippen molar-refractivity contribution in [2.45, 2.75) is 72.6 Å².